The van der Waals surface area contributed by atoms with Gasteiger partial charge < -0.3 is 15.6 Å². The summed E-state index contributed by atoms with van der Waals surface area (Å²) in [5.41, 5.74) is 6.64. The van der Waals surface area contributed by atoms with Gasteiger partial charge in [0.25, 0.3) is 0 Å². The van der Waals surface area contributed by atoms with E-state index < -0.39 is 0 Å². The molecule has 0 fully saturated rings. The Morgan fingerprint density at radius 1 is 1.57 bits per heavy atom. The predicted octanol–water partition coefficient (Wildman–Crippen LogP) is 0.406. The summed E-state index contributed by atoms with van der Waals surface area (Å²) >= 11 is 0. The first-order valence-electron chi connectivity index (χ1n) is 4.18. The Hall–Kier alpha value is -1.73. The summed E-state index contributed by atoms with van der Waals surface area (Å²) < 4.78 is 4.93. The van der Waals surface area contributed by atoms with Gasteiger partial charge in [0.1, 0.15) is 5.69 Å². The molecule has 0 aromatic carbocycles. The number of anilines is 1. The lowest BCUT2D eigenvalue weighted by Crippen LogP contribution is -1.96. The van der Waals surface area contributed by atoms with Gasteiger partial charge in [0.15, 0.2) is 0 Å². The van der Waals surface area contributed by atoms with Crippen LogP contribution >= 0.6 is 0 Å². The standard InChI is InChI=1S/C10H12N2O2/c1-14-10-6-5-8(11)9(12-10)4-2-3-7-13/h5-6,13H,3,7,11H2,1H3. The van der Waals surface area contributed by atoms with Gasteiger partial charge in [-0.2, -0.15) is 0 Å². The molecular formula is C10H12N2O2. The minimum absolute atomic E-state index is 0.0386. The normalized spacial score (nSPS) is 9.00. The highest BCUT2D eigenvalue weighted by atomic mass is 16.5. The molecule has 0 aliphatic rings. The Kier molecular flexibility index (Phi) is 3.77. The van der Waals surface area contributed by atoms with Gasteiger partial charge in [-0.25, -0.2) is 4.98 Å². The molecule has 0 aliphatic heterocycles. The van der Waals surface area contributed by atoms with Crippen LogP contribution in [0.1, 0.15) is 12.1 Å². The number of nitrogen functional groups attached to an aromatic ring is 1. The average molecular weight is 192 g/mol. The lowest BCUT2D eigenvalue weighted by molar-refractivity contribution is 0.305. The molecule has 3 N–H and O–H groups in total. The Morgan fingerprint density at radius 2 is 2.36 bits per heavy atom. The van der Waals surface area contributed by atoms with Crippen molar-refractivity contribution in [2.24, 2.45) is 0 Å². The van der Waals surface area contributed by atoms with Crippen LogP contribution in [0.3, 0.4) is 0 Å². The Bertz CT molecular complexity index is 366. The second kappa shape index (κ2) is 5.10. The maximum absolute atomic E-state index is 8.54. The summed E-state index contributed by atoms with van der Waals surface area (Å²) in [7, 11) is 1.53. The first kappa shape index (κ1) is 10.4. The minimum atomic E-state index is 0.0386. The zero-order valence-electron chi connectivity index (χ0n) is 7.95. The Labute approximate surface area is 82.7 Å². The lowest BCUT2D eigenvalue weighted by Gasteiger charge is -2.00. The summed E-state index contributed by atoms with van der Waals surface area (Å²) in [6.45, 7) is 0.0386. The van der Waals surface area contributed by atoms with E-state index in [-0.39, 0.29) is 6.61 Å². The number of nitrogens with two attached hydrogens (primary N) is 1. The van der Waals surface area contributed by atoms with Crippen LogP contribution in [-0.4, -0.2) is 23.8 Å². The van der Waals surface area contributed by atoms with Crippen molar-refractivity contribution in [1.29, 1.82) is 0 Å². The molecule has 0 spiro atoms. The number of hydrogen-bond donors (Lipinski definition) is 2. The fraction of sp³-hybridized carbons (Fsp3) is 0.300. The number of hydrogen-bond acceptors (Lipinski definition) is 4. The van der Waals surface area contributed by atoms with Gasteiger partial charge in [0, 0.05) is 12.5 Å². The predicted molar refractivity (Wildman–Crippen MR) is 53.8 cm³/mol. The van der Waals surface area contributed by atoms with E-state index in [9.17, 15) is 0 Å². The highest BCUT2D eigenvalue weighted by Gasteiger charge is 1.99. The fourth-order valence-electron chi connectivity index (χ4n) is 0.868. The molecule has 1 aromatic heterocycles. The molecule has 0 aliphatic carbocycles. The fourth-order valence-corrected chi connectivity index (χ4v) is 0.868. The highest BCUT2D eigenvalue weighted by molar-refractivity contribution is 5.52. The van der Waals surface area contributed by atoms with E-state index in [1.807, 2.05) is 0 Å². The smallest absolute Gasteiger partial charge is 0.214 e. The van der Waals surface area contributed by atoms with Crippen molar-refractivity contribution in [3.05, 3.63) is 17.8 Å². The highest BCUT2D eigenvalue weighted by Crippen LogP contribution is 2.13. The molecular weight excluding hydrogens is 180 g/mol. The van der Waals surface area contributed by atoms with Crippen LogP contribution in [0.25, 0.3) is 0 Å². The number of pyridine rings is 1. The number of aromatic nitrogens is 1. The third-order valence-electron chi connectivity index (χ3n) is 1.55. The molecule has 0 saturated carbocycles. The van der Waals surface area contributed by atoms with E-state index in [1.54, 1.807) is 12.1 Å². The molecule has 0 atom stereocenters. The van der Waals surface area contributed by atoms with Gasteiger partial charge in [-0.3, -0.25) is 0 Å². The van der Waals surface area contributed by atoms with Gasteiger partial charge >= 0.3 is 0 Å². The van der Waals surface area contributed by atoms with E-state index in [4.69, 9.17) is 15.6 Å². The van der Waals surface area contributed by atoms with E-state index in [2.05, 4.69) is 16.8 Å². The monoisotopic (exact) mass is 192 g/mol. The largest absolute Gasteiger partial charge is 0.481 e. The molecule has 0 saturated heterocycles. The van der Waals surface area contributed by atoms with Crippen molar-refractivity contribution >= 4 is 5.69 Å². The third kappa shape index (κ3) is 2.64. The van der Waals surface area contributed by atoms with Crippen LogP contribution in [0.2, 0.25) is 0 Å². The van der Waals surface area contributed by atoms with Crippen LogP contribution in [0, 0.1) is 11.8 Å². The first-order valence-corrected chi connectivity index (χ1v) is 4.18. The van der Waals surface area contributed by atoms with Crippen molar-refractivity contribution in [1.82, 2.24) is 4.98 Å². The second-order valence-electron chi connectivity index (χ2n) is 2.57. The van der Waals surface area contributed by atoms with Crippen molar-refractivity contribution < 1.29 is 9.84 Å². The number of methoxy groups -OCH3 is 1. The molecule has 74 valence electrons. The number of aliphatic hydroxyl groups excluding tert-OH is 1. The van der Waals surface area contributed by atoms with Crippen molar-refractivity contribution in [3.8, 4) is 17.7 Å². The minimum Gasteiger partial charge on any atom is -0.481 e. The summed E-state index contributed by atoms with van der Waals surface area (Å²) in [5, 5.41) is 8.54. The third-order valence-corrected chi connectivity index (χ3v) is 1.55. The SMILES string of the molecule is COc1ccc(N)c(C#CCCO)n1. The summed E-state index contributed by atoms with van der Waals surface area (Å²) in [6, 6.07) is 3.36. The van der Waals surface area contributed by atoms with Crippen molar-refractivity contribution in [2.45, 2.75) is 6.42 Å². The number of rotatable bonds is 2. The van der Waals surface area contributed by atoms with Gasteiger partial charge in [0.05, 0.1) is 19.4 Å². The zero-order valence-corrected chi connectivity index (χ0v) is 7.95. The van der Waals surface area contributed by atoms with Crippen molar-refractivity contribution in [3.63, 3.8) is 0 Å². The number of ether oxygens (including phenoxy) is 1. The second-order valence-corrected chi connectivity index (χ2v) is 2.57. The van der Waals surface area contributed by atoms with Crippen LogP contribution in [0.5, 0.6) is 5.88 Å². The van der Waals surface area contributed by atoms with E-state index in [0.29, 0.717) is 23.7 Å². The van der Waals surface area contributed by atoms with E-state index in [1.165, 1.54) is 7.11 Å². The summed E-state index contributed by atoms with van der Waals surface area (Å²) in [4.78, 5) is 4.06. The van der Waals surface area contributed by atoms with Crippen LogP contribution in [0.4, 0.5) is 5.69 Å². The molecule has 0 bridgehead atoms. The molecule has 4 nitrogen and oxygen atoms in total. The topological polar surface area (TPSA) is 68.4 Å². The lowest BCUT2D eigenvalue weighted by atomic mass is 10.3. The van der Waals surface area contributed by atoms with Gasteiger partial charge in [-0.1, -0.05) is 5.92 Å². The van der Waals surface area contributed by atoms with Crippen molar-refractivity contribution in [2.75, 3.05) is 19.5 Å². The molecule has 0 unspecified atom stereocenters. The number of nitrogens with zero attached hydrogens (tertiary/aromatic N) is 1. The molecule has 1 heterocycles. The zero-order chi connectivity index (χ0) is 10.4. The van der Waals surface area contributed by atoms with E-state index in [0.717, 1.165) is 0 Å². The summed E-state index contributed by atoms with van der Waals surface area (Å²) in [6.07, 6.45) is 0.415. The molecule has 0 radical (unpaired) electrons. The number of aliphatic hydroxyl groups is 1. The van der Waals surface area contributed by atoms with Crippen LogP contribution in [0.15, 0.2) is 12.1 Å². The molecule has 14 heavy (non-hydrogen) atoms. The molecule has 4 heteroatoms. The first-order chi connectivity index (χ1) is 6.77. The van der Waals surface area contributed by atoms with Gasteiger partial charge in [-0.05, 0) is 12.0 Å². The quantitative estimate of drug-likeness (QED) is 0.666. The maximum Gasteiger partial charge on any atom is 0.214 e. The van der Waals surface area contributed by atoms with Crippen LogP contribution < -0.4 is 10.5 Å². The Morgan fingerprint density at radius 3 is 3.00 bits per heavy atom. The molecule has 1 aromatic rings. The van der Waals surface area contributed by atoms with Gasteiger partial charge in [0.2, 0.25) is 5.88 Å². The average Bonchev–Trinajstić information content (AvgIpc) is 2.21. The van der Waals surface area contributed by atoms with Gasteiger partial charge in [-0.15, -0.1) is 0 Å². The summed E-state index contributed by atoms with van der Waals surface area (Å²) in [5.74, 6) is 5.99. The maximum atomic E-state index is 8.54. The molecule has 0 amide bonds. The molecule has 1 rings (SSSR count). The Balaban J connectivity index is 2.91. The van der Waals surface area contributed by atoms with E-state index >= 15 is 0 Å². The van der Waals surface area contributed by atoms with Crippen LogP contribution in [-0.2, 0) is 0 Å².